The average molecular weight is 162 g/mol. The van der Waals surface area contributed by atoms with E-state index in [0.717, 1.165) is 12.8 Å². The van der Waals surface area contributed by atoms with Gasteiger partial charge in [-0.2, -0.15) is 0 Å². The first-order valence-electron chi connectivity index (χ1n) is 4.15. The highest BCUT2D eigenvalue weighted by atomic mass is 19.3. The summed E-state index contributed by atoms with van der Waals surface area (Å²) in [6.45, 7) is 0. The first kappa shape index (κ1) is 7.47. The fourth-order valence-corrected chi connectivity index (χ4v) is 1.49. The molecule has 0 bridgehead atoms. The van der Waals surface area contributed by atoms with Crippen molar-refractivity contribution in [1.29, 1.82) is 0 Å². The second-order valence-corrected chi connectivity index (χ2v) is 3.80. The summed E-state index contributed by atoms with van der Waals surface area (Å²) in [5.74, 6) is -2.62. The van der Waals surface area contributed by atoms with Crippen LogP contribution in [0.3, 0.4) is 0 Å². The quantitative estimate of drug-likeness (QED) is 0.671. The van der Waals surface area contributed by atoms with Crippen LogP contribution in [-0.2, 0) is 0 Å². The summed E-state index contributed by atoms with van der Waals surface area (Å²) in [4.78, 5) is 0. The fourth-order valence-electron chi connectivity index (χ4n) is 1.49. The zero-order valence-electron chi connectivity index (χ0n) is 6.26. The Labute approximate surface area is 64.4 Å². The van der Waals surface area contributed by atoms with Gasteiger partial charge in [0.2, 0.25) is 0 Å². The number of hydrogen-bond acceptors (Lipinski definition) is 1. The Morgan fingerprint density at radius 2 is 2.00 bits per heavy atom. The molecule has 64 valence electrons. The van der Waals surface area contributed by atoms with E-state index >= 15 is 0 Å². The summed E-state index contributed by atoms with van der Waals surface area (Å²) < 4.78 is 24.7. The third-order valence-corrected chi connectivity index (χ3v) is 2.65. The lowest BCUT2D eigenvalue weighted by molar-refractivity contribution is 0.0709. The summed E-state index contributed by atoms with van der Waals surface area (Å²) in [5.41, 5.74) is 0. The molecule has 2 saturated carbocycles. The van der Waals surface area contributed by atoms with Crippen molar-refractivity contribution in [2.45, 2.75) is 37.7 Å². The van der Waals surface area contributed by atoms with Crippen LogP contribution in [0.25, 0.3) is 0 Å². The molecule has 0 amide bonds. The molecule has 0 radical (unpaired) electrons. The van der Waals surface area contributed by atoms with Crippen LogP contribution in [0.2, 0.25) is 0 Å². The van der Waals surface area contributed by atoms with Gasteiger partial charge in [-0.15, -0.1) is 0 Å². The molecule has 0 spiro atoms. The van der Waals surface area contributed by atoms with E-state index in [1.165, 1.54) is 0 Å². The number of hydrogen-bond donors (Lipinski definition) is 1. The lowest BCUT2D eigenvalue weighted by atomic mass is 10.1. The Hall–Kier alpha value is -0.180. The maximum Gasteiger partial charge on any atom is 0.251 e. The third kappa shape index (κ3) is 1.53. The Bertz CT molecular complexity index is 165. The van der Waals surface area contributed by atoms with E-state index in [0.29, 0.717) is 12.3 Å². The molecule has 1 N–H and O–H groups in total. The van der Waals surface area contributed by atoms with E-state index in [1.54, 1.807) is 0 Å². The number of halogens is 2. The van der Waals surface area contributed by atoms with E-state index in [2.05, 4.69) is 0 Å². The summed E-state index contributed by atoms with van der Waals surface area (Å²) in [6, 6.07) is 0. The van der Waals surface area contributed by atoms with E-state index in [9.17, 15) is 13.9 Å². The van der Waals surface area contributed by atoms with E-state index in [1.807, 2.05) is 0 Å². The molecular weight excluding hydrogens is 150 g/mol. The molecule has 0 aromatic rings. The van der Waals surface area contributed by atoms with Crippen LogP contribution in [0.1, 0.15) is 25.7 Å². The molecule has 0 aromatic carbocycles. The molecule has 0 saturated heterocycles. The van der Waals surface area contributed by atoms with Crippen LogP contribution in [0.4, 0.5) is 8.78 Å². The molecule has 2 rings (SSSR count). The maximum absolute atomic E-state index is 12.3. The average Bonchev–Trinajstić information content (AvgIpc) is 2.69. The SMILES string of the molecule is OC(CC1CC1(F)F)C1CC1. The smallest absolute Gasteiger partial charge is 0.251 e. The standard InChI is InChI=1S/C8H12F2O/c9-8(10)4-6(8)3-7(11)5-1-2-5/h5-7,11H,1-4H2. The van der Waals surface area contributed by atoms with Crippen LogP contribution >= 0.6 is 0 Å². The summed E-state index contributed by atoms with van der Waals surface area (Å²) in [6.07, 6.45) is 1.92. The molecule has 2 atom stereocenters. The Morgan fingerprint density at radius 3 is 2.36 bits per heavy atom. The van der Waals surface area contributed by atoms with Gasteiger partial charge in [-0.05, 0) is 25.2 Å². The van der Waals surface area contributed by atoms with Gasteiger partial charge in [0.15, 0.2) is 0 Å². The van der Waals surface area contributed by atoms with E-state index in [4.69, 9.17) is 0 Å². The number of aliphatic hydroxyl groups is 1. The molecular formula is C8H12F2O. The van der Waals surface area contributed by atoms with E-state index < -0.39 is 17.9 Å². The first-order chi connectivity index (χ1) is 5.09. The molecule has 2 unspecified atom stereocenters. The van der Waals surface area contributed by atoms with Crippen LogP contribution in [0.5, 0.6) is 0 Å². The first-order valence-corrected chi connectivity index (χ1v) is 4.15. The van der Waals surface area contributed by atoms with Crippen LogP contribution in [0.15, 0.2) is 0 Å². The Balaban J connectivity index is 1.74. The minimum absolute atomic E-state index is 0.00319. The van der Waals surface area contributed by atoms with Crippen molar-refractivity contribution in [3.8, 4) is 0 Å². The minimum atomic E-state index is -2.45. The van der Waals surface area contributed by atoms with Crippen LogP contribution in [0, 0.1) is 11.8 Å². The minimum Gasteiger partial charge on any atom is -0.393 e. The summed E-state index contributed by atoms with van der Waals surface area (Å²) in [7, 11) is 0. The van der Waals surface area contributed by atoms with Gasteiger partial charge in [-0.1, -0.05) is 0 Å². The van der Waals surface area contributed by atoms with Crippen molar-refractivity contribution in [1.82, 2.24) is 0 Å². The zero-order valence-corrected chi connectivity index (χ0v) is 6.26. The largest absolute Gasteiger partial charge is 0.393 e. The lowest BCUT2D eigenvalue weighted by Crippen LogP contribution is -2.11. The highest BCUT2D eigenvalue weighted by molar-refractivity contribution is 4.97. The zero-order chi connectivity index (χ0) is 8.06. The van der Waals surface area contributed by atoms with Crippen molar-refractivity contribution in [2.75, 3.05) is 0 Å². The Morgan fingerprint density at radius 1 is 1.45 bits per heavy atom. The predicted molar refractivity (Wildman–Crippen MR) is 36.4 cm³/mol. The highest BCUT2D eigenvalue weighted by Gasteiger charge is 2.57. The molecule has 0 aliphatic heterocycles. The van der Waals surface area contributed by atoms with Crippen LogP contribution in [-0.4, -0.2) is 17.1 Å². The second kappa shape index (κ2) is 2.16. The number of rotatable bonds is 3. The fraction of sp³-hybridized carbons (Fsp3) is 1.00. The molecule has 2 aliphatic carbocycles. The Kier molecular flexibility index (Phi) is 1.46. The normalized spacial score (nSPS) is 36.8. The predicted octanol–water partition coefficient (Wildman–Crippen LogP) is 1.80. The molecule has 3 heteroatoms. The monoisotopic (exact) mass is 162 g/mol. The molecule has 2 fully saturated rings. The van der Waals surface area contributed by atoms with Gasteiger partial charge in [0.25, 0.3) is 5.92 Å². The van der Waals surface area contributed by atoms with E-state index in [-0.39, 0.29) is 6.42 Å². The van der Waals surface area contributed by atoms with Gasteiger partial charge >= 0.3 is 0 Å². The van der Waals surface area contributed by atoms with Gasteiger partial charge in [0, 0.05) is 12.3 Å². The van der Waals surface area contributed by atoms with Crippen molar-refractivity contribution < 1.29 is 13.9 Å². The lowest BCUT2D eigenvalue weighted by Gasteiger charge is -2.06. The van der Waals surface area contributed by atoms with Crippen molar-refractivity contribution >= 4 is 0 Å². The number of alkyl halides is 2. The third-order valence-electron chi connectivity index (χ3n) is 2.65. The maximum atomic E-state index is 12.3. The van der Waals surface area contributed by atoms with Gasteiger partial charge in [-0.3, -0.25) is 0 Å². The molecule has 1 nitrogen and oxygen atoms in total. The van der Waals surface area contributed by atoms with Crippen molar-refractivity contribution in [2.24, 2.45) is 11.8 Å². The van der Waals surface area contributed by atoms with Gasteiger partial charge in [-0.25, -0.2) is 8.78 Å². The van der Waals surface area contributed by atoms with Gasteiger partial charge in [0.05, 0.1) is 6.10 Å². The van der Waals surface area contributed by atoms with Gasteiger partial charge in [0.1, 0.15) is 0 Å². The molecule has 2 aliphatic rings. The van der Waals surface area contributed by atoms with Crippen molar-refractivity contribution in [3.63, 3.8) is 0 Å². The molecule has 0 heterocycles. The summed E-state index contributed by atoms with van der Waals surface area (Å²) >= 11 is 0. The highest BCUT2D eigenvalue weighted by Crippen LogP contribution is 2.52. The van der Waals surface area contributed by atoms with Crippen LogP contribution < -0.4 is 0 Å². The summed E-state index contributed by atoms with van der Waals surface area (Å²) in [5, 5.41) is 9.30. The number of aliphatic hydroxyl groups excluding tert-OH is 1. The molecule has 11 heavy (non-hydrogen) atoms. The van der Waals surface area contributed by atoms with Crippen molar-refractivity contribution in [3.05, 3.63) is 0 Å². The topological polar surface area (TPSA) is 20.2 Å². The van der Waals surface area contributed by atoms with Gasteiger partial charge < -0.3 is 5.11 Å². The molecule has 0 aromatic heterocycles. The second-order valence-electron chi connectivity index (χ2n) is 3.80.